The van der Waals surface area contributed by atoms with Crippen LogP contribution in [0.3, 0.4) is 0 Å². The molecule has 0 spiro atoms. The predicted molar refractivity (Wildman–Crippen MR) is 81.1 cm³/mol. The Morgan fingerprint density at radius 3 is 2.35 bits per heavy atom. The molecule has 0 aliphatic carbocycles. The van der Waals surface area contributed by atoms with E-state index >= 15 is 0 Å². The first-order valence-electron chi connectivity index (χ1n) is 6.50. The number of benzene rings is 2. The standard InChI is InChI=1S/C16H16N4/c1-19(2)15-11-7-6-10-14(15)16-12-17-18-20(16)13-8-4-3-5-9-13/h3-12H,1-2H3. The van der Waals surface area contributed by atoms with E-state index < -0.39 is 0 Å². The summed E-state index contributed by atoms with van der Waals surface area (Å²) in [6.07, 6.45) is 1.80. The summed E-state index contributed by atoms with van der Waals surface area (Å²) in [6, 6.07) is 18.3. The van der Waals surface area contributed by atoms with E-state index in [0.717, 1.165) is 22.6 Å². The van der Waals surface area contributed by atoms with Crippen molar-refractivity contribution in [3.05, 3.63) is 60.8 Å². The molecule has 4 nitrogen and oxygen atoms in total. The van der Waals surface area contributed by atoms with Crippen LogP contribution in [0.5, 0.6) is 0 Å². The maximum atomic E-state index is 4.21. The van der Waals surface area contributed by atoms with Gasteiger partial charge in [0.25, 0.3) is 0 Å². The average Bonchev–Trinajstić information content (AvgIpc) is 2.97. The van der Waals surface area contributed by atoms with E-state index in [1.165, 1.54) is 0 Å². The van der Waals surface area contributed by atoms with Crippen molar-refractivity contribution in [3.63, 3.8) is 0 Å². The topological polar surface area (TPSA) is 34.0 Å². The molecule has 3 aromatic rings. The largest absolute Gasteiger partial charge is 0.377 e. The molecule has 0 atom stereocenters. The number of nitrogens with zero attached hydrogens (tertiary/aromatic N) is 4. The Balaban J connectivity index is 2.16. The van der Waals surface area contributed by atoms with Crippen molar-refractivity contribution in [2.75, 3.05) is 19.0 Å². The van der Waals surface area contributed by atoms with Gasteiger partial charge >= 0.3 is 0 Å². The Morgan fingerprint density at radius 1 is 0.900 bits per heavy atom. The van der Waals surface area contributed by atoms with E-state index in [0.29, 0.717) is 0 Å². The average molecular weight is 264 g/mol. The fourth-order valence-corrected chi connectivity index (χ4v) is 2.26. The Morgan fingerprint density at radius 2 is 1.60 bits per heavy atom. The summed E-state index contributed by atoms with van der Waals surface area (Å²) in [4.78, 5) is 2.09. The maximum Gasteiger partial charge on any atom is 0.0965 e. The van der Waals surface area contributed by atoms with Gasteiger partial charge < -0.3 is 4.90 Å². The maximum absolute atomic E-state index is 4.21. The minimum Gasteiger partial charge on any atom is -0.377 e. The molecule has 0 unspecified atom stereocenters. The van der Waals surface area contributed by atoms with Crippen molar-refractivity contribution >= 4 is 5.69 Å². The summed E-state index contributed by atoms with van der Waals surface area (Å²) in [5.74, 6) is 0. The lowest BCUT2D eigenvalue weighted by atomic mass is 10.1. The van der Waals surface area contributed by atoms with Gasteiger partial charge in [0.05, 0.1) is 17.6 Å². The van der Waals surface area contributed by atoms with Crippen LogP contribution < -0.4 is 4.90 Å². The van der Waals surface area contributed by atoms with Crippen LogP contribution in [0, 0.1) is 0 Å². The van der Waals surface area contributed by atoms with Crippen molar-refractivity contribution in [1.82, 2.24) is 15.0 Å². The lowest BCUT2D eigenvalue weighted by Crippen LogP contribution is -2.10. The van der Waals surface area contributed by atoms with Gasteiger partial charge in [-0.1, -0.05) is 41.6 Å². The third kappa shape index (κ3) is 2.16. The predicted octanol–water partition coefficient (Wildman–Crippen LogP) is 3.00. The van der Waals surface area contributed by atoms with Crippen molar-refractivity contribution in [2.24, 2.45) is 0 Å². The van der Waals surface area contributed by atoms with Crippen LogP contribution in [-0.4, -0.2) is 29.1 Å². The van der Waals surface area contributed by atoms with Gasteiger partial charge in [-0.25, -0.2) is 4.68 Å². The molecule has 100 valence electrons. The van der Waals surface area contributed by atoms with Crippen LogP contribution >= 0.6 is 0 Å². The smallest absolute Gasteiger partial charge is 0.0965 e. The first-order valence-corrected chi connectivity index (χ1v) is 6.50. The zero-order chi connectivity index (χ0) is 13.9. The third-order valence-corrected chi connectivity index (χ3v) is 3.21. The second kappa shape index (κ2) is 5.17. The van der Waals surface area contributed by atoms with Gasteiger partial charge in [-0.05, 0) is 18.2 Å². The van der Waals surface area contributed by atoms with E-state index in [2.05, 4.69) is 27.3 Å². The first-order chi connectivity index (χ1) is 9.77. The highest BCUT2D eigenvalue weighted by molar-refractivity contribution is 5.76. The number of hydrogen-bond donors (Lipinski definition) is 0. The lowest BCUT2D eigenvalue weighted by Gasteiger charge is -2.17. The quantitative estimate of drug-likeness (QED) is 0.729. The van der Waals surface area contributed by atoms with Gasteiger partial charge in [0.1, 0.15) is 0 Å². The Kier molecular flexibility index (Phi) is 3.21. The molecule has 20 heavy (non-hydrogen) atoms. The van der Waals surface area contributed by atoms with Gasteiger partial charge in [0.2, 0.25) is 0 Å². The fourth-order valence-electron chi connectivity index (χ4n) is 2.26. The number of rotatable bonds is 3. The van der Waals surface area contributed by atoms with E-state index in [1.807, 2.05) is 61.2 Å². The first kappa shape index (κ1) is 12.4. The van der Waals surface area contributed by atoms with Gasteiger partial charge in [-0.2, -0.15) is 0 Å². The van der Waals surface area contributed by atoms with Gasteiger partial charge in [-0.15, -0.1) is 5.10 Å². The van der Waals surface area contributed by atoms with Crippen LogP contribution in [0.1, 0.15) is 0 Å². The van der Waals surface area contributed by atoms with E-state index in [1.54, 1.807) is 6.20 Å². The highest BCUT2D eigenvalue weighted by Gasteiger charge is 2.12. The summed E-state index contributed by atoms with van der Waals surface area (Å²) >= 11 is 0. The number of anilines is 1. The molecule has 0 fully saturated rings. The van der Waals surface area contributed by atoms with Gasteiger partial charge in [-0.3, -0.25) is 0 Å². The molecule has 1 aromatic heterocycles. The SMILES string of the molecule is CN(C)c1ccccc1-c1cnnn1-c1ccccc1. The molecule has 0 N–H and O–H groups in total. The molecule has 1 heterocycles. The highest BCUT2D eigenvalue weighted by atomic mass is 15.4. The van der Waals surface area contributed by atoms with Crippen molar-refractivity contribution in [2.45, 2.75) is 0 Å². The molecule has 0 bridgehead atoms. The molecular formula is C16H16N4. The molecule has 2 aromatic carbocycles. The summed E-state index contributed by atoms with van der Waals surface area (Å²) in [7, 11) is 4.07. The molecule has 4 heteroatoms. The van der Waals surface area contributed by atoms with E-state index in [-0.39, 0.29) is 0 Å². The number of aromatic nitrogens is 3. The number of hydrogen-bond acceptors (Lipinski definition) is 3. The van der Waals surface area contributed by atoms with Gasteiger partial charge in [0.15, 0.2) is 0 Å². The number of para-hydroxylation sites is 2. The summed E-state index contributed by atoms with van der Waals surface area (Å²) in [6.45, 7) is 0. The normalized spacial score (nSPS) is 10.5. The van der Waals surface area contributed by atoms with Crippen molar-refractivity contribution < 1.29 is 0 Å². The second-order valence-electron chi connectivity index (χ2n) is 4.78. The van der Waals surface area contributed by atoms with Crippen LogP contribution in [0.25, 0.3) is 16.9 Å². The molecule has 0 amide bonds. The van der Waals surface area contributed by atoms with Crippen molar-refractivity contribution in [1.29, 1.82) is 0 Å². The molecule has 0 saturated heterocycles. The van der Waals surface area contributed by atoms with Crippen LogP contribution in [0.2, 0.25) is 0 Å². The minimum absolute atomic E-state index is 0.987. The lowest BCUT2D eigenvalue weighted by molar-refractivity contribution is 0.808. The van der Waals surface area contributed by atoms with Crippen LogP contribution in [0.15, 0.2) is 60.8 Å². The van der Waals surface area contributed by atoms with E-state index in [4.69, 9.17) is 0 Å². The zero-order valence-corrected chi connectivity index (χ0v) is 11.6. The summed E-state index contributed by atoms with van der Waals surface area (Å²) in [5.41, 5.74) is 4.26. The zero-order valence-electron chi connectivity index (χ0n) is 11.6. The molecule has 0 radical (unpaired) electrons. The fraction of sp³-hybridized carbons (Fsp3) is 0.125. The van der Waals surface area contributed by atoms with Gasteiger partial charge in [0, 0.05) is 25.3 Å². The van der Waals surface area contributed by atoms with Crippen LogP contribution in [0.4, 0.5) is 5.69 Å². The Hall–Kier alpha value is -2.62. The third-order valence-electron chi connectivity index (χ3n) is 3.21. The highest BCUT2D eigenvalue weighted by Crippen LogP contribution is 2.30. The van der Waals surface area contributed by atoms with Crippen molar-refractivity contribution in [3.8, 4) is 16.9 Å². The Bertz CT molecular complexity index is 701. The second-order valence-corrected chi connectivity index (χ2v) is 4.78. The molecule has 3 rings (SSSR count). The Labute approximate surface area is 118 Å². The van der Waals surface area contributed by atoms with Crippen LogP contribution in [-0.2, 0) is 0 Å². The monoisotopic (exact) mass is 264 g/mol. The molecule has 0 aliphatic heterocycles. The summed E-state index contributed by atoms with van der Waals surface area (Å²) in [5, 5.41) is 8.28. The molecule has 0 aliphatic rings. The van der Waals surface area contributed by atoms with E-state index in [9.17, 15) is 0 Å². The molecule has 0 saturated carbocycles. The summed E-state index contributed by atoms with van der Waals surface area (Å²) < 4.78 is 1.86. The molecular weight excluding hydrogens is 248 g/mol. The minimum atomic E-state index is 0.987.